The van der Waals surface area contributed by atoms with E-state index in [1.807, 2.05) is 55.5 Å². The van der Waals surface area contributed by atoms with Crippen molar-refractivity contribution in [2.75, 3.05) is 6.54 Å². The van der Waals surface area contributed by atoms with Gasteiger partial charge in [0.15, 0.2) is 0 Å². The first-order chi connectivity index (χ1) is 10.7. The lowest BCUT2D eigenvalue weighted by molar-refractivity contribution is -0.114. The van der Waals surface area contributed by atoms with Crippen molar-refractivity contribution in [3.05, 3.63) is 72.1 Å². The summed E-state index contributed by atoms with van der Waals surface area (Å²) in [7, 11) is 0. The molecule has 4 heteroatoms. The van der Waals surface area contributed by atoms with Gasteiger partial charge in [-0.3, -0.25) is 15.2 Å². The number of hydrogen-bond donors (Lipinski definition) is 2. The molecule has 1 aromatic carbocycles. The molecule has 0 spiro atoms. The van der Waals surface area contributed by atoms with Crippen molar-refractivity contribution in [3.8, 4) is 0 Å². The number of benzene rings is 1. The summed E-state index contributed by atoms with van der Waals surface area (Å²) in [6.07, 6.45) is 3.97. The number of carbonyl (C=O) groups excluding carboxylic acids is 1. The second-order valence-corrected chi connectivity index (χ2v) is 4.93. The van der Waals surface area contributed by atoms with Gasteiger partial charge in [-0.25, -0.2) is 0 Å². The van der Waals surface area contributed by atoms with Crippen LogP contribution >= 0.6 is 0 Å². The van der Waals surface area contributed by atoms with Gasteiger partial charge in [-0.1, -0.05) is 36.4 Å². The molecule has 0 saturated heterocycles. The zero-order chi connectivity index (χ0) is 15.8. The first kappa shape index (κ1) is 15.6. The van der Waals surface area contributed by atoms with E-state index in [9.17, 15) is 4.79 Å². The molecule has 1 amide bonds. The number of nitrogens with one attached hydrogen (secondary N) is 2. The number of aromatic nitrogens is 1. The minimum absolute atomic E-state index is 0.0395. The second kappa shape index (κ2) is 7.88. The lowest BCUT2D eigenvalue weighted by Crippen LogP contribution is -2.31. The monoisotopic (exact) mass is 293 g/mol. The van der Waals surface area contributed by atoms with Crippen LogP contribution in [0.1, 0.15) is 18.2 Å². The van der Waals surface area contributed by atoms with Crippen LogP contribution in [0.5, 0.6) is 0 Å². The van der Waals surface area contributed by atoms with Crippen molar-refractivity contribution < 1.29 is 4.79 Å². The molecule has 0 fully saturated rings. The highest BCUT2D eigenvalue weighted by Crippen LogP contribution is 2.12. The van der Waals surface area contributed by atoms with Gasteiger partial charge in [0.1, 0.15) is 5.71 Å². The lowest BCUT2D eigenvalue weighted by Gasteiger charge is -2.05. The van der Waals surface area contributed by atoms with E-state index in [0.29, 0.717) is 13.0 Å². The van der Waals surface area contributed by atoms with Crippen LogP contribution in [0.2, 0.25) is 0 Å². The molecule has 0 aliphatic rings. The summed E-state index contributed by atoms with van der Waals surface area (Å²) in [5.74, 6) is -0.369. The number of nitrogens with zero attached hydrogens (tertiary/aromatic N) is 1. The smallest absolute Gasteiger partial charge is 0.269 e. The number of amides is 1. The number of pyridine rings is 1. The highest BCUT2D eigenvalue weighted by Gasteiger charge is 2.07. The molecule has 2 N–H and O–H groups in total. The molecule has 2 rings (SSSR count). The fraction of sp³-hybridized carbons (Fsp3) is 0.167. The third-order valence-corrected chi connectivity index (χ3v) is 3.23. The van der Waals surface area contributed by atoms with Crippen LogP contribution in [-0.4, -0.2) is 23.1 Å². The van der Waals surface area contributed by atoms with E-state index in [0.717, 1.165) is 16.8 Å². The highest BCUT2D eigenvalue weighted by atomic mass is 16.1. The molecule has 0 saturated carbocycles. The van der Waals surface area contributed by atoms with Crippen molar-refractivity contribution in [2.24, 2.45) is 0 Å². The van der Waals surface area contributed by atoms with Gasteiger partial charge in [-0.15, -0.1) is 0 Å². The number of carbonyl (C=O) groups is 1. The highest BCUT2D eigenvalue weighted by molar-refractivity contribution is 6.43. The first-order valence-corrected chi connectivity index (χ1v) is 7.17. The Morgan fingerprint density at radius 2 is 1.91 bits per heavy atom. The minimum Gasteiger partial charge on any atom is -0.350 e. The van der Waals surface area contributed by atoms with E-state index in [1.165, 1.54) is 0 Å². The average Bonchev–Trinajstić information content (AvgIpc) is 2.56. The van der Waals surface area contributed by atoms with Gasteiger partial charge in [0.25, 0.3) is 5.91 Å². The van der Waals surface area contributed by atoms with Crippen molar-refractivity contribution in [1.82, 2.24) is 10.3 Å². The van der Waals surface area contributed by atoms with Crippen molar-refractivity contribution >= 4 is 17.2 Å². The third kappa shape index (κ3) is 4.66. The fourth-order valence-electron chi connectivity index (χ4n) is 2.01. The molecule has 0 unspecified atom stereocenters. The Morgan fingerprint density at radius 3 is 2.59 bits per heavy atom. The van der Waals surface area contributed by atoms with E-state index in [4.69, 9.17) is 5.41 Å². The summed E-state index contributed by atoms with van der Waals surface area (Å²) in [6, 6.07) is 15.4. The zero-order valence-electron chi connectivity index (χ0n) is 12.5. The fourth-order valence-corrected chi connectivity index (χ4v) is 2.01. The standard InChI is InChI=1S/C18H19N3O/c1-14(15-7-3-2-4-8-15)13-17(19)18(22)21-12-10-16-9-5-6-11-20-16/h2-9,11,13,19H,10,12H2,1H3,(H,21,22)/b14-13+,19-17?. The average molecular weight is 293 g/mol. The summed E-state index contributed by atoms with van der Waals surface area (Å²) in [5.41, 5.74) is 2.78. The van der Waals surface area contributed by atoms with Crippen LogP contribution in [0.4, 0.5) is 0 Å². The molecule has 112 valence electrons. The third-order valence-electron chi connectivity index (χ3n) is 3.23. The summed E-state index contributed by atoms with van der Waals surface area (Å²) < 4.78 is 0. The second-order valence-electron chi connectivity index (χ2n) is 4.93. The maximum Gasteiger partial charge on any atom is 0.269 e. The molecule has 1 aromatic heterocycles. The van der Waals surface area contributed by atoms with Gasteiger partial charge in [-0.2, -0.15) is 0 Å². The molecule has 2 aromatic rings. The van der Waals surface area contributed by atoms with Gasteiger partial charge in [-0.05, 0) is 36.3 Å². The van der Waals surface area contributed by atoms with E-state index < -0.39 is 0 Å². The van der Waals surface area contributed by atoms with Gasteiger partial charge >= 0.3 is 0 Å². The number of allylic oxidation sites excluding steroid dienone is 1. The predicted octanol–water partition coefficient (Wildman–Crippen LogP) is 2.86. The Hall–Kier alpha value is -2.75. The zero-order valence-corrected chi connectivity index (χ0v) is 12.5. The van der Waals surface area contributed by atoms with Gasteiger partial charge < -0.3 is 5.32 Å². The van der Waals surface area contributed by atoms with Crippen LogP contribution in [0, 0.1) is 5.41 Å². The normalized spacial score (nSPS) is 11.0. The SMILES string of the molecule is C/C(=C\C(=N)C(=O)NCCc1ccccn1)c1ccccc1. The largest absolute Gasteiger partial charge is 0.350 e. The molecule has 0 bridgehead atoms. The van der Waals surface area contributed by atoms with E-state index in [2.05, 4.69) is 10.3 Å². The molecule has 0 atom stereocenters. The van der Waals surface area contributed by atoms with Crippen LogP contribution < -0.4 is 5.32 Å². The van der Waals surface area contributed by atoms with Gasteiger partial charge in [0.2, 0.25) is 0 Å². The molecule has 22 heavy (non-hydrogen) atoms. The Morgan fingerprint density at radius 1 is 1.18 bits per heavy atom. The summed E-state index contributed by atoms with van der Waals surface area (Å²) >= 11 is 0. The van der Waals surface area contributed by atoms with E-state index in [-0.39, 0.29) is 11.6 Å². The maximum atomic E-state index is 11.9. The predicted molar refractivity (Wildman–Crippen MR) is 88.8 cm³/mol. The van der Waals surface area contributed by atoms with Crippen LogP contribution in [0.3, 0.4) is 0 Å². The van der Waals surface area contributed by atoms with Crippen molar-refractivity contribution in [2.45, 2.75) is 13.3 Å². The number of hydrogen-bond acceptors (Lipinski definition) is 3. The van der Waals surface area contributed by atoms with Crippen molar-refractivity contribution in [3.63, 3.8) is 0 Å². The lowest BCUT2D eigenvalue weighted by atomic mass is 10.1. The van der Waals surface area contributed by atoms with Crippen LogP contribution in [0.15, 0.2) is 60.8 Å². The quantitative estimate of drug-likeness (QED) is 0.804. The topological polar surface area (TPSA) is 65.8 Å². The van der Waals surface area contributed by atoms with E-state index in [1.54, 1.807) is 12.3 Å². The Bertz CT molecular complexity index is 663. The van der Waals surface area contributed by atoms with Crippen LogP contribution in [0.25, 0.3) is 5.57 Å². The molecule has 0 aliphatic carbocycles. The summed E-state index contributed by atoms with van der Waals surface area (Å²) in [4.78, 5) is 16.1. The maximum absolute atomic E-state index is 11.9. The molecule has 0 radical (unpaired) electrons. The van der Waals surface area contributed by atoms with E-state index >= 15 is 0 Å². The molecular formula is C18H19N3O. The summed E-state index contributed by atoms with van der Waals surface area (Å²) in [5, 5.41) is 10.6. The van der Waals surface area contributed by atoms with Gasteiger partial charge in [0.05, 0.1) is 0 Å². The Kier molecular flexibility index (Phi) is 5.60. The van der Waals surface area contributed by atoms with Gasteiger partial charge in [0, 0.05) is 24.9 Å². The molecule has 4 nitrogen and oxygen atoms in total. The van der Waals surface area contributed by atoms with Crippen molar-refractivity contribution in [1.29, 1.82) is 5.41 Å². The number of rotatable bonds is 6. The Labute approximate surface area is 130 Å². The molecular weight excluding hydrogens is 274 g/mol. The summed E-state index contributed by atoms with van der Waals surface area (Å²) in [6.45, 7) is 2.36. The van der Waals surface area contributed by atoms with Crippen LogP contribution in [-0.2, 0) is 11.2 Å². The minimum atomic E-state index is -0.369. The molecule has 0 aliphatic heterocycles. The molecule has 1 heterocycles. The Balaban J connectivity index is 1.86. The first-order valence-electron chi connectivity index (χ1n) is 7.17.